The normalized spacial score (nSPS) is 11.0. The molecular formula is C34H27O3P. The zero-order chi connectivity index (χ0) is 26.4. The molecule has 5 aromatic carbocycles. The van der Waals surface area contributed by atoms with Crippen molar-refractivity contribution < 1.29 is 14.3 Å². The maximum absolute atomic E-state index is 14.7. The van der Waals surface area contributed by atoms with Crippen LogP contribution < -0.4 is 20.7 Å². The lowest BCUT2D eigenvalue weighted by molar-refractivity contribution is -0.109. The number of rotatable bonds is 8. The first kappa shape index (κ1) is 25.2. The predicted octanol–water partition coefficient (Wildman–Crippen LogP) is 5.66. The third kappa shape index (κ3) is 4.53. The molecule has 0 N–H and O–H groups in total. The second-order valence-corrected chi connectivity index (χ2v) is 12.1. The molecule has 0 saturated heterocycles. The Morgan fingerprint density at radius 3 is 1.37 bits per heavy atom. The molecule has 0 aliphatic rings. The number of benzene rings is 5. The van der Waals surface area contributed by atoms with E-state index < -0.39 is 18.5 Å². The maximum Gasteiger partial charge on any atom is 0.237 e. The second-order valence-electron chi connectivity index (χ2n) is 8.75. The molecule has 0 bridgehead atoms. The number of methoxy groups -OCH3 is 1. The van der Waals surface area contributed by atoms with E-state index in [0.29, 0.717) is 11.0 Å². The summed E-state index contributed by atoms with van der Waals surface area (Å²) in [6.45, 7) is -2.83. The second kappa shape index (κ2) is 11.3. The van der Waals surface area contributed by atoms with Gasteiger partial charge in [0.15, 0.2) is 0 Å². The molecule has 5 rings (SSSR count). The monoisotopic (exact) mass is 514 g/mol. The lowest BCUT2D eigenvalue weighted by atomic mass is 10.0. The summed E-state index contributed by atoms with van der Waals surface area (Å²) in [5.74, 6) is -0.750. The summed E-state index contributed by atoms with van der Waals surface area (Å²) in [5, 5.41) is 3.49. The minimum atomic E-state index is -2.83. The highest BCUT2D eigenvalue weighted by Gasteiger charge is 2.36. The molecule has 0 amide bonds. The van der Waals surface area contributed by atoms with Crippen molar-refractivity contribution in [3.63, 3.8) is 0 Å². The van der Waals surface area contributed by atoms with Crippen LogP contribution in [0.25, 0.3) is 0 Å². The van der Waals surface area contributed by atoms with Gasteiger partial charge in [-0.3, -0.25) is 9.59 Å². The van der Waals surface area contributed by atoms with Gasteiger partial charge in [0.25, 0.3) is 0 Å². The molecule has 0 atom stereocenters. The Labute approximate surface area is 223 Å². The molecule has 0 unspecified atom stereocenters. The molecule has 0 radical (unpaired) electrons. The third-order valence-electron chi connectivity index (χ3n) is 6.59. The largest absolute Gasteiger partial charge is 0.496 e. The summed E-state index contributed by atoms with van der Waals surface area (Å²) in [7, 11) is 1.51. The van der Waals surface area contributed by atoms with Crippen LogP contribution in [0, 0.1) is 0 Å². The van der Waals surface area contributed by atoms with Crippen LogP contribution in [0.1, 0.15) is 15.9 Å². The van der Waals surface area contributed by atoms with E-state index in [2.05, 4.69) is 36.4 Å². The Morgan fingerprint density at radius 2 is 0.921 bits per heavy atom. The van der Waals surface area contributed by atoms with Crippen molar-refractivity contribution in [3.8, 4) is 5.75 Å². The molecule has 0 heterocycles. The zero-order valence-electron chi connectivity index (χ0n) is 21.0. The first-order valence-corrected chi connectivity index (χ1v) is 14.2. The maximum atomic E-state index is 14.7. The Morgan fingerprint density at radius 1 is 0.526 bits per heavy atom. The highest BCUT2D eigenvalue weighted by Crippen LogP contribution is 2.48. The number of ketones is 2. The summed E-state index contributed by atoms with van der Waals surface area (Å²) >= 11 is 0. The molecule has 0 aliphatic carbocycles. The number of hydrogen-bond donors (Lipinski definition) is 0. The lowest BCUT2D eigenvalue weighted by Gasteiger charge is -2.32. The molecule has 4 heteroatoms. The van der Waals surface area contributed by atoms with Gasteiger partial charge in [-0.25, -0.2) is 0 Å². The van der Waals surface area contributed by atoms with E-state index in [-0.39, 0.29) is 5.56 Å². The van der Waals surface area contributed by atoms with Crippen molar-refractivity contribution in [1.29, 1.82) is 0 Å². The highest BCUT2D eigenvalue weighted by atomic mass is 31.2. The van der Waals surface area contributed by atoms with E-state index in [0.717, 1.165) is 21.5 Å². The smallest absolute Gasteiger partial charge is 0.237 e. The van der Waals surface area contributed by atoms with E-state index in [4.69, 9.17) is 4.74 Å². The topological polar surface area (TPSA) is 43.4 Å². The zero-order valence-corrected chi connectivity index (χ0v) is 21.9. The molecule has 186 valence electrons. The number of carbonyl (C=O) groups excluding carboxylic acids is 2. The number of Topliss-reactive ketones (excluding diaryl/α,β-unsaturated/α-hetero) is 2. The van der Waals surface area contributed by atoms with Crippen LogP contribution in [0.3, 0.4) is 0 Å². The molecule has 38 heavy (non-hydrogen) atoms. The molecule has 0 aromatic heterocycles. The van der Waals surface area contributed by atoms with E-state index in [1.165, 1.54) is 7.11 Å². The summed E-state index contributed by atoms with van der Waals surface area (Å²) in [6, 6.07) is 46.7. The van der Waals surface area contributed by atoms with Gasteiger partial charge in [0.05, 0.1) is 12.7 Å². The minimum Gasteiger partial charge on any atom is -0.496 e. The number of hydrogen-bond acceptors (Lipinski definition) is 3. The molecule has 5 aromatic rings. The van der Waals surface area contributed by atoms with Crippen LogP contribution in [0.4, 0.5) is 0 Å². The van der Waals surface area contributed by atoms with E-state index in [1.54, 1.807) is 24.3 Å². The predicted molar refractivity (Wildman–Crippen MR) is 158 cm³/mol. The van der Waals surface area contributed by atoms with Crippen molar-refractivity contribution in [2.45, 2.75) is 0 Å². The van der Waals surface area contributed by atoms with Crippen molar-refractivity contribution >= 4 is 39.7 Å². The van der Waals surface area contributed by atoms with Crippen LogP contribution in [-0.4, -0.2) is 24.0 Å². The van der Waals surface area contributed by atoms with Crippen LogP contribution in [-0.2, 0) is 4.79 Å². The molecule has 0 saturated carbocycles. The molecule has 0 fully saturated rings. The van der Waals surface area contributed by atoms with Crippen LogP contribution >= 0.6 is 6.89 Å². The lowest BCUT2D eigenvalue weighted by Crippen LogP contribution is -2.36. The molecule has 3 nitrogen and oxygen atoms in total. The van der Waals surface area contributed by atoms with Crippen LogP contribution in [0.2, 0.25) is 0 Å². The van der Waals surface area contributed by atoms with Crippen molar-refractivity contribution in [2.24, 2.45) is 0 Å². The Hall–Kier alpha value is -4.46. The van der Waals surface area contributed by atoms with Crippen molar-refractivity contribution in [3.05, 3.63) is 157 Å². The number of ether oxygens (including phenoxy) is 1. The van der Waals surface area contributed by atoms with Gasteiger partial charge in [0, 0.05) is 5.29 Å². The van der Waals surface area contributed by atoms with Gasteiger partial charge < -0.3 is 4.74 Å². The highest BCUT2D eigenvalue weighted by molar-refractivity contribution is 7.97. The SMILES string of the molecule is COc1ccccc1C(=O)C(=O)C(c1ccccc1)=P(c1ccccc1)(c1ccccc1)c1ccccc1. The Balaban J connectivity index is 1.99. The van der Waals surface area contributed by atoms with E-state index in [1.807, 2.05) is 84.9 Å². The van der Waals surface area contributed by atoms with Gasteiger partial charge >= 0.3 is 0 Å². The minimum absolute atomic E-state index is 0.251. The fraction of sp³-hybridized carbons (Fsp3) is 0.0294. The Kier molecular flexibility index (Phi) is 7.49. The summed E-state index contributed by atoms with van der Waals surface area (Å²) < 4.78 is 5.47. The van der Waals surface area contributed by atoms with E-state index in [9.17, 15) is 9.59 Å². The van der Waals surface area contributed by atoms with Crippen LogP contribution in [0.5, 0.6) is 5.75 Å². The summed E-state index contributed by atoms with van der Waals surface area (Å²) in [5.41, 5.74) is 0.978. The van der Waals surface area contributed by atoms with Gasteiger partial charge in [-0.1, -0.05) is 133 Å². The first-order valence-electron chi connectivity index (χ1n) is 12.4. The van der Waals surface area contributed by atoms with Gasteiger partial charge in [-0.05, 0) is 40.5 Å². The molecule has 0 spiro atoms. The Bertz CT molecular complexity index is 1510. The number of carbonyl (C=O) groups is 2. The molecular weight excluding hydrogens is 487 g/mol. The third-order valence-corrected chi connectivity index (χ3v) is 10.9. The van der Waals surface area contributed by atoms with Gasteiger partial charge in [0.1, 0.15) is 5.75 Å². The number of para-hydroxylation sites is 1. The quantitative estimate of drug-likeness (QED) is 0.152. The van der Waals surface area contributed by atoms with Gasteiger partial charge in [0.2, 0.25) is 11.6 Å². The van der Waals surface area contributed by atoms with E-state index >= 15 is 0 Å². The average Bonchev–Trinajstić information content (AvgIpc) is 3.01. The summed E-state index contributed by atoms with van der Waals surface area (Å²) in [4.78, 5) is 28.7. The van der Waals surface area contributed by atoms with Crippen molar-refractivity contribution in [1.82, 2.24) is 0 Å². The first-order chi connectivity index (χ1) is 18.7. The standard InChI is InChI=1S/C34H27O3P/c1-37-31-25-15-14-24-30(31)32(35)33(36)34(26-16-6-2-7-17-26)38(27-18-8-3-9-19-27,28-20-10-4-11-21-28)29-22-12-5-13-23-29/h2-25H,1H3. The van der Waals surface area contributed by atoms with Crippen LogP contribution in [0.15, 0.2) is 146 Å². The fourth-order valence-electron chi connectivity index (χ4n) is 4.92. The molecule has 0 aliphatic heterocycles. The van der Waals surface area contributed by atoms with Crippen molar-refractivity contribution in [2.75, 3.05) is 7.11 Å². The van der Waals surface area contributed by atoms with Gasteiger partial charge in [-0.15, -0.1) is 0 Å². The fourth-order valence-corrected chi connectivity index (χ4v) is 9.39. The van der Waals surface area contributed by atoms with Gasteiger partial charge in [-0.2, -0.15) is 0 Å². The average molecular weight is 515 g/mol. The summed E-state index contributed by atoms with van der Waals surface area (Å²) in [6.07, 6.45) is 0.